The van der Waals surface area contributed by atoms with Crippen LogP contribution in [0.2, 0.25) is 0 Å². The minimum Gasteiger partial charge on any atom is -0.497 e. The van der Waals surface area contributed by atoms with Crippen molar-refractivity contribution < 1.29 is 43.6 Å². The Hall–Kier alpha value is -6.99. The second-order valence-corrected chi connectivity index (χ2v) is 18.5. The summed E-state index contributed by atoms with van der Waals surface area (Å²) < 4.78 is 107. The van der Waals surface area contributed by atoms with Crippen molar-refractivity contribution in [3.8, 4) is 50.3 Å². The second-order valence-electron chi connectivity index (χ2n) is 14.2. The first-order chi connectivity index (χ1) is 29.5. The maximum absolute atomic E-state index is 12.0. The lowest BCUT2D eigenvalue weighted by atomic mass is 10.0. The number of hydrogen-bond acceptors (Lipinski definition) is 9. The van der Waals surface area contributed by atoms with Crippen molar-refractivity contribution in [2.24, 2.45) is 0 Å². The van der Waals surface area contributed by atoms with Gasteiger partial charge in [-0.1, -0.05) is 48.5 Å². The van der Waals surface area contributed by atoms with E-state index in [0.717, 1.165) is 5.56 Å². The van der Waals surface area contributed by atoms with Crippen molar-refractivity contribution in [3.63, 3.8) is 0 Å². The first-order valence-corrected chi connectivity index (χ1v) is 22.9. The standard InChI is InChI=1S/C45H32N4O10S3/c1-59-30-10-2-26(3-11-30)42-34-18-20-36(46-34)43(27-4-12-31(13-5-27)60(50,51)52)38-22-24-40(48-38)45(29-8-16-33(17-9-29)62(56,57)58)41-25-23-39(49-41)44(37-21-19-35(42)47-37)28-6-14-32(15-7-28)61(53,54)55/h2-25,46,49H,1H3,(H,50,51,52)(H,53,54,55)(H,56,57,58). The third-order valence-electron chi connectivity index (χ3n) is 10.5. The summed E-state index contributed by atoms with van der Waals surface area (Å²) in [5.41, 5.74) is 9.26. The molecule has 17 heteroatoms. The summed E-state index contributed by atoms with van der Waals surface area (Å²) in [6.45, 7) is 0. The molecule has 5 heterocycles. The molecule has 0 amide bonds. The number of aromatic amines is 2. The zero-order valence-corrected chi connectivity index (χ0v) is 34.6. The molecule has 9 rings (SSSR count). The number of ether oxygens (including phenoxy) is 1. The van der Waals surface area contributed by atoms with Gasteiger partial charge < -0.3 is 14.7 Å². The molecule has 0 unspecified atom stereocenters. The molecular formula is C45H32N4O10S3. The van der Waals surface area contributed by atoms with Crippen LogP contribution in [0.25, 0.3) is 90.9 Å². The van der Waals surface area contributed by atoms with E-state index in [1.54, 1.807) is 55.7 Å². The molecule has 0 fully saturated rings. The lowest BCUT2D eigenvalue weighted by Crippen LogP contribution is -1.97. The molecule has 0 radical (unpaired) electrons. The fourth-order valence-corrected chi connectivity index (χ4v) is 9.00. The van der Waals surface area contributed by atoms with Gasteiger partial charge in [0.05, 0.1) is 44.6 Å². The Balaban J connectivity index is 1.43. The van der Waals surface area contributed by atoms with Gasteiger partial charge in [0.25, 0.3) is 30.4 Å². The van der Waals surface area contributed by atoms with Gasteiger partial charge in [0.2, 0.25) is 0 Å². The molecule has 2 aliphatic rings. The van der Waals surface area contributed by atoms with E-state index in [-0.39, 0.29) is 14.7 Å². The van der Waals surface area contributed by atoms with E-state index >= 15 is 0 Å². The van der Waals surface area contributed by atoms with Crippen molar-refractivity contribution in [2.45, 2.75) is 14.7 Å². The largest absolute Gasteiger partial charge is 0.497 e. The van der Waals surface area contributed by atoms with E-state index in [4.69, 9.17) is 14.7 Å². The van der Waals surface area contributed by atoms with Crippen LogP contribution >= 0.6 is 0 Å². The number of aromatic nitrogens is 4. The van der Waals surface area contributed by atoms with Crippen LogP contribution in [0.3, 0.4) is 0 Å². The van der Waals surface area contributed by atoms with Gasteiger partial charge in [0, 0.05) is 44.3 Å². The molecule has 2 aliphatic heterocycles. The zero-order valence-electron chi connectivity index (χ0n) is 32.2. The zero-order chi connectivity index (χ0) is 43.6. The van der Waals surface area contributed by atoms with Gasteiger partial charge >= 0.3 is 0 Å². The number of nitrogens with one attached hydrogen (secondary N) is 2. The van der Waals surface area contributed by atoms with Crippen LogP contribution in [0.4, 0.5) is 0 Å². The summed E-state index contributed by atoms with van der Waals surface area (Å²) in [5.74, 6) is 0.644. The van der Waals surface area contributed by atoms with Crippen LogP contribution in [-0.2, 0) is 30.4 Å². The molecule has 310 valence electrons. The Kier molecular flexibility index (Phi) is 9.89. The Morgan fingerprint density at radius 3 is 0.855 bits per heavy atom. The number of benzene rings is 4. The molecule has 62 heavy (non-hydrogen) atoms. The van der Waals surface area contributed by atoms with Gasteiger partial charge in [-0.05, 0) is 119 Å². The summed E-state index contributed by atoms with van der Waals surface area (Å²) in [4.78, 5) is 16.4. The number of fused-ring (bicyclic) bond motifs is 8. The quantitative estimate of drug-likeness (QED) is 0.0900. The Labute approximate surface area is 354 Å². The summed E-state index contributed by atoms with van der Waals surface area (Å²) in [6, 6.07) is 32.0. The Morgan fingerprint density at radius 1 is 0.387 bits per heavy atom. The van der Waals surface area contributed by atoms with E-state index in [1.807, 2.05) is 60.7 Å². The van der Waals surface area contributed by atoms with Gasteiger partial charge in [-0.2, -0.15) is 25.3 Å². The third kappa shape index (κ3) is 7.64. The fraction of sp³-hybridized carbons (Fsp3) is 0.0222. The Morgan fingerprint density at radius 2 is 0.629 bits per heavy atom. The maximum atomic E-state index is 12.0. The molecule has 0 aliphatic carbocycles. The minimum atomic E-state index is -4.51. The molecule has 0 atom stereocenters. The molecular weight excluding hydrogens is 853 g/mol. The fourth-order valence-electron chi connectivity index (χ4n) is 7.56. The van der Waals surface area contributed by atoms with Crippen molar-refractivity contribution in [3.05, 3.63) is 144 Å². The SMILES string of the molecule is COc1ccc(-c2c3nc(c(-c4ccc(S(=O)(=O)O)cc4)c4ccc([nH]4)c(-c4ccc(S(=O)(=O)O)cc4)c4nc(c(-c5ccc(S(=O)(=O)O)cc5)c5ccc2[nH]5)C=C4)C=C3)cc1. The number of hydrogen-bond donors (Lipinski definition) is 5. The molecule has 8 bridgehead atoms. The van der Waals surface area contributed by atoms with E-state index in [1.165, 1.54) is 36.4 Å². The highest BCUT2D eigenvalue weighted by molar-refractivity contribution is 7.86. The van der Waals surface area contributed by atoms with Crippen LogP contribution in [-0.4, -0.2) is 66.0 Å². The first kappa shape index (κ1) is 40.4. The summed E-state index contributed by atoms with van der Waals surface area (Å²) in [6.07, 6.45) is 7.28. The highest BCUT2D eigenvalue weighted by atomic mass is 32.2. The van der Waals surface area contributed by atoms with E-state index in [9.17, 15) is 38.9 Å². The van der Waals surface area contributed by atoms with E-state index < -0.39 is 30.4 Å². The summed E-state index contributed by atoms with van der Waals surface area (Å²) >= 11 is 0. The lowest BCUT2D eigenvalue weighted by Gasteiger charge is -2.08. The van der Waals surface area contributed by atoms with Gasteiger partial charge in [0.15, 0.2) is 0 Å². The number of H-pyrrole nitrogens is 2. The minimum absolute atomic E-state index is 0.288. The summed E-state index contributed by atoms with van der Waals surface area (Å²) in [7, 11) is -11.9. The van der Waals surface area contributed by atoms with Crippen molar-refractivity contribution in [1.29, 1.82) is 0 Å². The Bertz CT molecular complexity index is 3470. The average Bonchev–Trinajstić information content (AvgIpc) is 4.09. The molecule has 0 saturated heterocycles. The van der Waals surface area contributed by atoms with Crippen LogP contribution in [0.15, 0.2) is 136 Å². The van der Waals surface area contributed by atoms with Gasteiger partial charge in [-0.25, -0.2) is 9.97 Å². The average molecular weight is 885 g/mol. The number of methoxy groups -OCH3 is 1. The molecule has 0 saturated carbocycles. The first-order valence-electron chi connectivity index (χ1n) is 18.6. The van der Waals surface area contributed by atoms with Gasteiger partial charge in [0.1, 0.15) is 5.75 Å². The highest BCUT2D eigenvalue weighted by Crippen LogP contribution is 2.39. The van der Waals surface area contributed by atoms with Crippen molar-refractivity contribution in [1.82, 2.24) is 19.9 Å². The molecule has 7 aromatic rings. The predicted octanol–water partition coefficient (Wildman–Crippen LogP) is 9.07. The van der Waals surface area contributed by atoms with E-state index in [2.05, 4.69) is 9.97 Å². The van der Waals surface area contributed by atoms with Crippen LogP contribution in [0, 0.1) is 0 Å². The summed E-state index contributed by atoms with van der Waals surface area (Å²) in [5, 5.41) is 0. The monoisotopic (exact) mass is 884 g/mol. The molecule has 5 N–H and O–H groups in total. The van der Waals surface area contributed by atoms with Crippen LogP contribution in [0.5, 0.6) is 5.75 Å². The topological polar surface area (TPSA) is 230 Å². The van der Waals surface area contributed by atoms with Crippen LogP contribution in [0.1, 0.15) is 22.8 Å². The molecule has 14 nitrogen and oxygen atoms in total. The van der Waals surface area contributed by atoms with E-state index in [0.29, 0.717) is 89.5 Å². The third-order valence-corrected chi connectivity index (χ3v) is 13.1. The van der Waals surface area contributed by atoms with Gasteiger partial charge in [-0.3, -0.25) is 13.7 Å². The molecule has 3 aromatic heterocycles. The normalized spacial score (nSPS) is 12.8. The van der Waals surface area contributed by atoms with Crippen LogP contribution < -0.4 is 4.74 Å². The van der Waals surface area contributed by atoms with Crippen molar-refractivity contribution >= 4 is 76.7 Å². The predicted molar refractivity (Wildman–Crippen MR) is 237 cm³/mol. The number of rotatable bonds is 8. The smallest absolute Gasteiger partial charge is 0.294 e. The molecule has 0 spiro atoms. The maximum Gasteiger partial charge on any atom is 0.294 e. The van der Waals surface area contributed by atoms with Gasteiger partial charge in [-0.15, -0.1) is 0 Å². The van der Waals surface area contributed by atoms with Crippen molar-refractivity contribution in [2.75, 3.05) is 7.11 Å². The highest BCUT2D eigenvalue weighted by Gasteiger charge is 2.21. The molecule has 4 aromatic carbocycles. The second kappa shape index (κ2) is 15.2. The lowest BCUT2D eigenvalue weighted by molar-refractivity contribution is 0.415. The number of nitrogens with zero attached hydrogens (tertiary/aromatic N) is 2.